The van der Waals surface area contributed by atoms with Crippen LogP contribution in [-0.2, 0) is 17.8 Å². The van der Waals surface area contributed by atoms with Crippen molar-refractivity contribution >= 4 is 17.7 Å². The van der Waals surface area contributed by atoms with Crippen molar-refractivity contribution in [2.45, 2.75) is 70.9 Å². The molecule has 0 heterocycles. The Hall–Kier alpha value is -2.88. The summed E-state index contributed by atoms with van der Waals surface area (Å²) >= 11 is 0. The number of amides is 1. The molecule has 2 aliphatic rings. The zero-order valence-corrected chi connectivity index (χ0v) is 23.9. The molecular weight excluding hydrogens is 488 g/mol. The highest BCUT2D eigenvalue weighted by molar-refractivity contribution is 6.07. The van der Waals surface area contributed by atoms with E-state index in [9.17, 15) is 4.79 Å². The summed E-state index contributed by atoms with van der Waals surface area (Å²) in [4.78, 5) is 13.3. The van der Waals surface area contributed by atoms with Gasteiger partial charge < -0.3 is 22.2 Å². The van der Waals surface area contributed by atoms with Gasteiger partial charge in [-0.25, -0.2) is 0 Å². The van der Waals surface area contributed by atoms with Gasteiger partial charge >= 0.3 is 0 Å². The van der Waals surface area contributed by atoms with Crippen LogP contribution in [-0.4, -0.2) is 30.5 Å². The summed E-state index contributed by atoms with van der Waals surface area (Å²) in [5.74, 6) is 0.0136. The Kier molecular flexibility index (Phi) is 9.12. The maximum atomic E-state index is 13.3. The highest BCUT2D eigenvalue weighted by Crippen LogP contribution is 2.30. The Balaban J connectivity index is 0.00000336. The Labute approximate surface area is 235 Å². The van der Waals surface area contributed by atoms with Gasteiger partial charge in [0.05, 0.1) is 20.1 Å². The molecule has 3 nitrogen and oxygen atoms in total. The maximum Gasteiger partial charge on any atom is 0.251 e. The van der Waals surface area contributed by atoms with Crippen LogP contribution < -0.4 is 17.7 Å². The molecule has 2 aliphatic carbocycles. The average Bonchev–Trinajstić information content (AvgIpc) is 3.13. The number of nitrogens with one attached hydrogen (secondary N) is 1. The quantitative estimate of drug-likeness (QED) is 0.451. The molecule has 1 saturated carbocycles. The fourth-order valence-electron chi connectivity index (χ4n) is 6.08. The summed E-state index contributed by atoms with van der Waals surface area (Å²) in [5.41, 5.74) is 9.22. The first-order valence-corrected chi connectivity index (χ1v) is 14.0. The first kappa shape index (κ1) is 28.1. The fraction of sp³-hybridized carbons (Fsp3) is 0.382. The van der Waals surface area contributed by atoms with Gasteiger partial charge in [-0.3, -0.25) is 4.79 Å². The number of halogens is 1. The smallest absolute Gasteiger partial charge is 0.251 e. The second kappa shape index (κ2) is 12.3. The third-order valence-electron chi connectivity index (χ3n) is 8.41. The summed E-state index contributed by atoms with van der Waals surface area (Å²) in [6.45, 7) is 3.14. The lowest BCUT2D eigenvalue weighted by molar-refractivity contribution is -0.929. The van der Waals surface area contributed by atoms with Crippen molar-refractivity contribution < 1.29 is 21.7 Å². The predicted octanol–water partition coefficient (Wildman–Crippen LogP) is 4.93. The Morgan fingerprint density at radius 2 is 1.53 bits per heavy atom. The number of nitrogens with zero attached hydrogens (tertiary/aromatic N) is 1. The topological polar surface area (TPSA) is 29.1 Å². The normalized spacial score (nSPS) is 16.0. The van der Waals surface area contributed by atoms with Crippen LogP contribution in [0.15, 0.2) is 72.3 Å². The zero-order valence-electron chi connectivity index (χ0n) is 23.1. The molecule has 1 N–H and O–H groups in total. The molecule has 4 heteroatoms. The molecule has 5 rings (SSSR count). The molecule has 0 aliphatic heterocycles. The van der Waals surface area contributed by atoms with Crippen molar-refractivity contribution in [3.63, 3.8) is 0 Å². The van der Waals surface area contributed by atoms with Gasteiger partial charge in [0.25, 0.3) is 5.91 Å². The summed E-state index contributed by atoms with van der Waals surface area (Å²) in [7, 11) is 4.73. The standard InChI is InChI=1S/C34H40N2O.ClH/c1-25-12-16-28(17-13-25)29-19-18-27-8-7-9-30(23-31(27)22-29)34(37)35-32-20-14-26(15-21-32)24-36(2,3)33-10-5-4-6-11-33;/h12-23,33H,4-11,24H2,1-3H3;1H. The van der Waals surface area contributed by atoms with Crippen molar-refractivity contribution in [1.82, 2.24) is 0 Å². The van der Waals surface area contributed by atoms with Gasteiger partial charge in [0.1, 0.15) is 6.54 Å². The van der Waals surface area contributed by atoms with E-state index >= 15 is 0 Å². The minimum Gasteiger partial charge on any atom is -1.00 e. The Morgan fingerprint density at radius 3 is 2.24 bits per heavy atom. The van der Waals surface area contributed by atoms with E-state index in [0.29, 0.717) is 0 Å². The van der Waals surface area contributed by atoms with E-state index in [2.05, 4.69) is 99.1 Å². The van der Waals surface area contributed by atoms with E-state index < -0.39 is 0 Å². The molecule has 0 bridgehead atoms. The second-order valence-electron chi connectivity index (χ2n) is 11.7. The van der Waals surface area contributed by atoms with E-state index in [0.717, 1.165) is 47.6 Å². The molecule has 1 amide bonds. The molecule has 3 aromatic rings. The second-order valence-corrected chi connectivity index (χ2v) is 11.7. The van der Waals surface area contributed by atoms with Gasteiger partial charge in [0, 0.05) is 16.8 Å². The number of aryl methyl sites for hydroxylation is 2. The molecule has 0 atom stereocenters. The highest BCUT2D eigenvalue weighted by Gasteiger charge is 2.29. The minimum absolute atomic E-state index is 0. The van der Waals surface area contributed by atoms with Crippen LogP contribution in [0.1, 0.15) is 67.2 Å². The van der Waals surface area contributed by atoms with Crippen molar-refractivity contribution in [1.29, 1.82) is 0 Å². The van der Waals surface area contributed by atoms with Crippen LogP contribution in [0.5, 0.6) is 0 Å². The molecule has 0 spiro atoms. The van der Waals surface area contributed by atoms with Crippen LogP contribution in [0, 0.1) is 6.92 Å². The number of quaternary nitrogens is 1. The monoisotopic (exact) mass is 528 g/mol. The number of rotatable bonds is 6. The molecule has 38 heavy (non-hydrogen) atoms. The number of fused-ring (bicyclic) bond motifs is 1. The van der Waals surface area contributed by atoms with Crippen molar-refractivity contribution in [3.8, 4) is 11.1 Å². The zero-order chi connectivity index (χ0) is 25.8. The number of benzene rings is 3. The van der Waals surface area contributed by atoms with Crippen molar-refractivity contribution in [2.75, 3.05) is 19.4 Å². The molecule has 0 radical (unpaired) electrons. The summed E-state index contributed by atoms with van der Waals surface area (Å²) in [5, 5.41) is 3.16. The molecule has 0 unspecified atom stereocenters. The fourth-order valence-corrected chi connectivity index (χ4v) is 6.08. The lowest BCUT2D eigenvalue weighted by Gasteiger charge is -2.40. The first-order chi connectivity index (χ1) is 17.9. The van der Waals surface area contributed by atoms with Gasteiger partial charge in [-0.05, 0) is 98.4 Å². The van der Waals surface area contributed by atoms with Crippen molar-refractivity contribution in [2.24, 2.45) is 0 Å². The molecule has 0 aromatic heterocycles. The van der Waals surface area contributed by atoms with Gasteiger partial charge in [0.2, 0.25) is 0 Å². The lowest BCUT2D eigenvalue weighted by Crippen LogP contribution is -3.00. The predicted molar refractivity (Wildman–Crippen MR) is 155 cm³/mol. The molecular formula is C34H41ClN2O. The SMILES string of the molecule is Cc1ccc(-c2ccc3c(c2)C=C(C(=O)Nc2ccc(C[N+](C)(C)C4CCCCC4)cc2)CCC3)cc1.[Cl-]. The van der Waals surface area contributed by atoms with Gasteiger partial charge in [-0.2, -0.15) is 0 Å². The Morgan fingerprint density at radius 1 is 0.842 bits per heavy atom. The molecule has 0 saturated heterocycles. The summed E-state index contributed by atoms with van der Waals surface area (Å²) < 4.78 is 1.04. The number of carbonyl (C=O) groups excluding carboxylic acids is 1. The maximum absolute atomic E-state index is 13.3. The first-order valence-electron chi connectivity index (χ1n) is 14.0. The van der Waals surface area contributed by atoms with Gasteiger partial charge in [0.15, 0.2) is 0 Å². The van der Waals surface area contributed by atoms with Crippen LogP contribution in [0.4, 0.5) is 5.69 Å². The minimum atomic E-state index is 0. The van der Waals surface area contributed by atoms with Crippen LogP contribution >= 0.6 is 0 Å². The van der Waals surface area contributed by atoms with Gasteiger partial charge in [-0.1, -0.05) is 60.5 Å². The molecule has 200 valence electrons. The summed E-state index contributed by atoms with van der Waals surface area (Å²) in [6, 6.07) is 24.6. The highest BCUT2D eigenvalue weighted by atomic mass is 35.5. The van der Waals surface area contributed by atoms with Crippen LogP contribution in [0.3, 0.4) is 0 Å². The molecule has 3 aromatic carbocycles. The number of hydrogen-bond donors (Lipinski definition) is 1. The number of hydrogen-bond acceptors (Lipinski definition) is 1. The third kappa shape index (κ3) is 6.76. The van der Waals surface area contributed by atoms with E-state index in [-0.39, 0.29) is 18.3 Å². The van der Waals surface area contributed by atoms with Gasteiger partial charge in [-0.15, -0.1) is 0 Å². The number of anilines is 1. The largest absolute Gasteiger partial charge is 1.00 e. The van der Waals surface area contributed by atoms with E-state index in [1.165, 1.54) is 65.5 Å². The summed E-state index contributed by atoms with van der Waals surface area (Å²) in [6.07, 6.45) is 11.7. The Bertz CT molecular complexity index is 1270. The third-order valence-corrected chi connectivity index (χ3v) is 8.41. The lowest BCUT2D eigenvalue weighted by atomic mass is 9.92. The number of carbonyl (C=O) groups is 1. The van der Waals surface area contributed by atoms with E-state index in [1.54, 1.807) is 0 Å². The van der Waals surface area contributed by atoms with Crippen molar-refractivity contribution in [3.05, 3.63) is 94.6 Å². The average molecular weight is 529 g/mol. The van der Waals surface area contributed by atoms with Crippen LogP contribution in [0.2, 0.25) is 0 Å². The van der Waals surface area contributed by atoms with E-state index in [1.807, 2.05) is 0 Å². The van der Waals surface area contributed by atoms with Crippen LogP contribution in [0.25, 0.3) is 17.2 Å². The molecule has 1 fully saturated rings. The van der Waals surface area contributed by atoms with E-state index in [4.69, 9.17) is 0 Å².